The van der Waals surface area contributed by atoms with Crippen molar-refractivity contribution < 1.29 is 0 Å². The standard InChI is InChI=1S/C17H17BrClN/c18-13-9-10-17(15(19)11-13)20-16-8-4-2-6-12-5-1-3-7-14(12)16/h1,3,5,7,9-11,16,20H,2,4,6,8H2. The van der Waals surface area contributed by atoms with Crippen molar-refractivity contribution in [2.45, 2.75) is 31.7 Å². The molecule has 0 radical (unpaired) electrons. The Morgan fingerprint density at radius 1 is 1.10 bits per heavy atom. The Kier molecular flexibility index (Phi) is 4.32. The smallest absolute Gasteiger partial charge is 0.0648 e. The number of fused-ring (bicyclic) bond motifs is 1. The molecule has 0 heterocycles. The summed E-state index contributed by atoms with van der Waals surface area (Å²) in [6.45, 7) is 0. The van der Waals surface area contributed by atoms with Crippen molar-refractivity contribution in [1.29, 1.82) is 0 Å². The van der Waals surface area contributed by atoms with Crippen LogP contribution in [0.4, 0.5) is 5.69 Å². The van der Waals surface area contributed by atoms with Crippen LogP contribution in [0.5, 0.6) is 0 Å². The van der Waals surface area contributed by atoms with Gasteiger partial charge in [-0.15, -0.1) is 0 Å². The van der Waals surface area contributed by atoms with E-state index in [2.05, 4.69) is 45.5 Å². The van der Waals surface area contributed by atoms with Crippen molar-refractivity contribution in [2.75, 3.05) is 5.32 Å². The predicted molar refractivity (Wildman–Crippen MR) is 89.5 cm³/mol. The molecule has 0 saturated carbocycles. The highest BCUT2D eigenvalue weighted by Crippen LogP contribution is 2.34. The summed E-state index contributed by atoms with van der Waals surface area (Å²) in [5, 5.41) is 4.38. The van der Waals surface area contributed by atoms with Crippen LogP contribution >= 0.6 is 27.5 Å². The largest absolute Gasteiger partial charge is 0.377 e. The minimum atomic E-state index is 0.354. The number of aryl methyl sites for hydroxylation is 1. The van der Waals surface area contributed by atoms with Gasteiger partial charge in [0, 0.05) is 4.47 Å². The molecule has 3 heteroatoms. The van der Waals surface area contributed by atoms with Gasteiger partial charge in [-0.05, 0) is 48.6 Å². The van der Waals surface area contributed by atoms with Crippen molar-refractivity contribution >= 4 is 33.2 Å². The Labute approximate surface area is 133 Å². The van der Waals surface area contributed by atoms with Crippen molar-refractivity contribution in [3.05, 3.63) is 63.1 Å². The van der Waals surface area contributed by atoms with Gasteiger partial charge in [0.2, 0.25) is 0 Å². The molecule has 104 valence electrons. The fourth-order valence-corrected chi connectivity index (χ4v) is 3.59. The second kappa shape index (κ2) is 6.19. The van der Waals surface area contributed by atoms with Crippen LogP contribution < -0.4 is 5.32 Å². The zero-order chi connectivity index (χ0) is 13.9. The third-order valence-electron chi connectivity index (χ3n) is 3.88. The molecule has 0 fully saturated rings. The van der Waals surface area contributed by atoms with Crippen LogP contribution in [-0.4, -0.2) is 0 Å². The number of halogens is 2. The molecule has 0 saturated heterocycles. The maximum Gasteiger partial charge on any atom is 0.0648 e. The summed E-state index contributed by atoms with van der Waals surface area (Å²) >= 11 is 9.77. The topological polar surface area (TPSA) is 12.0 Å². The summed E-state index contributed by atoms with van der Waals surface area (Å²) in [7, 11) is 0. The Balaban J connectivity index is 1.90. The van der Waals surface area contributed by atoms with Gasteiger partial charge in [-0.25, -0.2) is 0 Å². The summed E-state index contributed by atoms with van der Waals surface area (Å²) in [5.41, 5.74) is 3.90. The highest BCUT2D eigenvalue weighted by atomic mass is 79.9. The van der Waals surface area contributed by atoms with Crippen LogP contribution in [-0.2, 0) is 6.42 Å². The lowest BCUT2D eigenvalue weighted by Gasteiger charge is -2.21. The highest BCUT2D eigenvalue weighted by Gasteiger charge is 2.18. The molecule has 0 bridgehead atoms. The van der Waals surface area contributed by atoms with Gasteiger partial charge in [0.25, 0.3) is 0 Å². The molecule has 0 spiro atoms. The number of nitrogens with one attached hydrogen (secondary N) is 1. The lowest BCUT2D eigenvalue weighted by Crippen LogP contribution is -2.11. The van der Waals surface area contributed by atoms with Crippen LogP contribution in [0.3, 0.4) is 0 Å². The van der Waals surface area contributed by atoms with E-state index in [0.29, 0.717) is 6.04 Å². The van der Waals surface area contributed by atoms with Gasteiger partial charge < -0.3 is 5.32 Å². The quantitative estimate of drug-likeness (QED) is 0.657. The first-order valence-corrected chi connectivity index (χ1v) is 8.20. The van der Waals surface area contributed by atoms with Crippen molar-refractivity contribution in [1.82, 2.24) is 0 Å². The molecular weight excluding hydrogens is 334 g/mol. The Hall–Kier alpha value is -0.990. The average Bonchev–Trinajstić information content (AvgIpc) is 2.65. The number of anilines is 1. The number of hydrogen-bond acceptors (Lipinski definition) is 1. The summed E-state index contributed by atoms with van der Waals surface area (Å²) in [4.78, 5) is 0. The van der Waals surface area contributed by atoms with Gasteiger partial charge in [0.05, 0.1) is 16.8 Å². The lowest BCUT2D eigenvalue weighted by atomic mass is 9.99. The Morgan fingerprint density at radius 3 is 2.80 bits per heavy atom. The van der Waals surface area contributed by atoms with Crippen molar-refractivity contribution in [3.63, 3.8) is 0 Å². The zero-order valence-electron chi connectivity index (χ0n) is 11.2. The van der Waals surface area contributed by atoms with Gasteiger partial charge in [-0.2, -0.15) is 0 Å². The summed E-state index contributed by atoms with van der Waals surface area (Å²) in [6, 6.07) is 15.1. The molecule has 2 aromatic carbocycles. The molecule has 1 nitrogen and oxygen atoms in total. The highest BCUT2D eigenvalue weighted by molar-refractivity contribution is 9.10. The van der Waals surface area contributed by atoms with E-state index in [4.69, 9.17) is 11.6 Å². The first kappa shape index (κ1) is 14.0. The maximum absolute atomic E-state index is 6.32. The first-order chi connectivity index (χ1) is 9.74. The van der Waals surface area contributed by atoms with E-state index < -0.39 is 0 Å². The Morgan fingerprint density at radius 2 is 1.95 bits per heavy atom. The molecule has 3 rings (SSSR count). The van der Waals surface area contributed by atoms with E-state index in [1.54, 1.807) is 0 Å². The summed E-state index contributed by atoms with van der Waals surface area (Å²) < 4.78 is 1.01. The van der Waals surface area contributed by atoms with Crippen molar-refractivity contribution in [2.24, 2.45) is 0 Å². The normalized spacial score (nSPS) is 18.2. The van der Waals surface area contributed by atoms with Crippen LogP contribution in [0.1, 0.15) is 36.4 Å². The monoisotopic (exact) mass is 349 g/mol. The summed E-state index contributed by atoms with van der Waals surface area (Å²) in [5.74, 6) is 0. The van der Waals surface area contributed by atoms with E-state index >= 15 is 0 Å². The zero-order valence-corrected chi connectivity index (χ0v) is 13.5. The fourth-order valence-electron chi connectivity index (χ4n) is 2.87. The number of rotatable bonds is 2. The second-order valence-electron chi connectivity index (χ2n) is 5.27. The van der Waals surface area contributed by atoms with Gasteiger partial charge in [-0.1, -0.05) is 58.2 Å². The molecule has 0 aromatic heterocycles. The van der Waals surface area contributed by atoms with Crippen LogP contribution in [0.2, 0.25) is 5.02 Å². The Bertz CT molecular complexity index is 612. The van der Waals surface area contributed by atoms with Gasteiger partial charge in [0.1, 0.15) is 0 Å². The molecule has 20 heavy (non-hydrogen) atoms. The minimum absolute atomic E-state index is 0.354. The predicted octanol–water partition coefficient (Wildman–Crippen LogP) is 5.98. The van der Waals surface area contributed by atoms with Gasteiger partial charge in [0.15, 0.2) is 0 Å². The number of benzene rings is 2. The second-order valence-corrected chi connectivity index (χ2v) is 6.59. The third kappa shape index (κ3) is 3.02. The van der Waals surface area contributed by atoms with Crippen LogP contribution in [0, 0.1) is 0 Å². The molecule has 1 aliphatic carbocycles. The van der Waals surface area contributed by atoms with E-state index in [1.165, 1.54) is 30.4 Å². The third-order valence-corrected chi connectivity index (χ3v) is 4.69. The van der Waals surface area contributed by atoms with Gasteiger partial charge in [-0.3, -0.25) is 0 Å². The molecular formula is C17H17BrClN. The number of hydrogen-bond donors (Lipinski definition) is 1. The van der Waals surface area contributed by atoms with E-state index in [9.17, 15) is 0 Å². The molecule has 1 unspecified atom stereocenters. The molecule has 0 aliphatic heterocycles. The van der Waals surface area contributed by atoms with Crippen molar-refractivity contribution in [3.8, 4) is 0 Å². The lowest BCUT2D eigenvalue weighted by molar-refractivity contribution is 0.644. The van der Waals surface area contributed by atoms with Crippen LogP contribution in [0.15, 0.2) is 46.9 Å². The summed E-state index contributed by atoms with van der Waals surface area (Å²) in [6.07, 6.45) is 4.86. The average molecular weight is 351 g/mol. The van der Waals surface area contributed by atoms with E-state index in [1.807, 2.05) is 18.2 Å². The van der Waals surface area contributed by atoms with Crippen LogP contribution in [0.25, 0.3) is 0 Å². The molecule has 0 amide bonds. The molecule has 1 aliphatic rings. The molecule has 2 aromatic rings. The minimum Gasteiger partial charge on any atom is -0.377 e. The fraction of sp³-hybridized carbons (Fsp3) is 0.294. The molecule has 1 atom stereocenters. The SMILES string of the molecule is Clc1cc(Br)ccc1NC1CCCCc2ccccc21. The maximum atomic E-state index is 6.32. The molecule has 1 N–H and O–H groups in total. The van der Waals surface area contributed by atoms with E-state index in [-0.39, 0.29) is 0 Å². The van der Waals surface area contributed by atoms with E-state index in [0.717, 1.165) is 21.6 Å². The van der Waals surface area contributed by atoms with Gasteiger partial charge >= 0.3 is 0 Å². The first-order valence-electron chi connectivity index (χ1n) is 7.03.